The number of hydrogen-bond acceptors (Lipinski definition) is 4. The first-order chi connectivity index (χ1) is 8.49. The number of rotatable bonds is 2. The van der Waals surface area contributed by atoms with Gasteiger partial charge in [-0.25, -0.2) is 0 Å². The van der Waals surface area contributed by atoms with E-state index < -0.39 is 0 Å². The zero-order valence-corrected chi connectivity index (χ0v) is 10.8. The first-order valence-corrected chi connectivity index (χ1v) is 6.31. The molecule has 0 saturated carbocycles. The van der Waals surface area contributed by atoms with Gasteiger partial charge in [0, 0.05) is 33.1 Å². The number of piperidine rings is 1. The second kappa shape index (κ2) is 5.06. The van der Waals surface area contributed by atoms with Crippen LogP contribution in [-0.4, -0.2) is 59.7 Å². The first kappa shape index (κ1) is 13.0. The number of likely N-dealkylation sites (N-methyl/N-ethyl adjacent to an activating group) is 1. The third-order valence-corrected chi connectivity index (χ3v) is 3.76. The van der Waals surface area contributed by atoms with Crippen LogP contribution in [-0.2, 0) is 14.4 Å². The molecule has 2 aliphatic rings. The van der Waals surface area contributed by atoms with Gasteiger partial charge < -0.3 is 10.2 Å². The summed E-state index contributed by atoms with van der Waals surface area (Å²) in [6, 6.07) is -0.162. The molecule has 0 radical (unpaired) electrons. The Hall–Kier alpha value is -1.43. The molecule has 0 spiro atoms. The molecule has 0 aromatic heterocycles. The molecule has 1 atom stereocenters. The van der Waals surface area contributed by atoms with Crippen molar-refractivity contribution in [2.24, 2.45) is 0 Å². The van der Waals surface area contributed by atoms with Crippen LogP contribution in [0.2, 0.25) is 0 Å². The van der Waals surface area contributed by atoms with Crippen molar-refractivity contribution in [3.05, 3.63) is 0 Å². The molecule has 2 heterocycles. The van der Waals surface area contributed by atoms with E-state index in [4.69, 9.17) is 0 Å². The van der Waals surface area contributed by atoms with Crippen molar-refractivity contribution in [1.29, 1.82) is 0 Å². The number of likely N-dealkylation sites (tertiary alicyclic amines) is 2. The summed E-state index contributed by atoms with van der Waals surface area (Å²) in [6.07, 6.45) is 1.92. The van der Waals surface area contributed by atoms with E-state index in [1.54, 1.807) is 6.92 Å². The molecule has 6 heteroatoms. The number of imide groups is 1. The van der Waals surface area contributed by atoms with Gasteiger partial charge in [0.15, 0.2) is 0 Å². The standard InChI is InChI=1S/C12H19N3O3/c1-8(16)15-5-3-9(4-6-15)13-10-7-11(17)14(2)12(10)18/h9-10,13H,3-7H2,1-2H3. The number of carbonyl (C=O) groups excluding carboxylic acids is 3. The zero-order valence-electron chi connectivity index (χ0n) is 10.8. The van der Waals surface area contributed by atoms with Crippen LogP contribution in [0.1, 0.15) is 26.2 Å². The molecule has 0 bridgehead atoms. The summed E-state index contributed by atoms with van der Waals surface area (Å²) in [5.74, 6) is -0.173. The summed E-state index contributed by atoms with van der Waals surface area (Å²) in [5.41, 5.74) is 0. The van der Waals surface area contributed by atoms with E-state index in [9.17, 15) is 14.4 Å². The fourth-order valence-corrected chi connectivity index (χ4v) is 2.53. The fourth-order valence-electron chi connectivity index (χ4n) is 2.53. The van der Waals surface area contributed by atoms with E-state index in [1.807, 2.05) is 4.90 Å². The lowest BCUT2D eigenvalue weighted by molar-refractivity contribution is -0.137. The van der Waals surface area contributed by atoms with Crippen molar-refractivity contribution in [2.45, 2.75) is 38.3 Å². The highest BCUT2D eigenvalue weighted by Crippen LogP contribution is 2.16. The van der Waals surface area contributed by atoms with Gasteiger partial charge in [0.05, 0.1) is 12.5 Å². The second-order valence-electron chi connectivity index (χ2n) is 4.99. The Bertz CT molecular complexity index is 375. The van der Waals surface area contributed by atoms with Crippen molar-refractivity contribution in [2.75, 3.05) is 20.1 Å². The highest BCUT2D eigenvalue weighted by molar-refractivity contribution is 6.05. The minimum absolute atomic E-state index is 0.0975. The van der Waals surface area contributed by atoms with Crippen LogP contribution in [0, 0.1) is 0 Å². The Kier molecular flexibility index (Phi) is 3.65. The topological polar surface area (TPSA) is 69.7 Å². The van der Waals surface area contributed by atoms with Gasteiger partial charge in [-0.1, -0.05) is 0 Å². The molecule has 2 aliphatic heterocycles. The lowest BCUT2D eigenvalue weighted by Crippen LogP contribution is -2.49. The predicted octanol–water partition coefficient (Wildman–Crippen LogP) is -0.656. The summed E-state index contributed by atoms with van der Waals surface area (Å²) >= 11 is 0. The van der Waals surface area contributed by atoms with E-state index in [2.05, 4.69) is 5.32 Å². The molecule has 18 heavy (non-hydrogen) atoms. The molecule has 0 aromatic rings. The molecule has 1 unspecified atom stereocenters. The highest BCUT2D eigenvalue weighted by Gasteiger charge is 2.37. The van der Waals surface area contributed by atoms with Crippen LogP contribution >= 0.6 is 0 Å². The monoisotopic (exact) mass is 253 g/mol. The van der Waals surface area contributed by atoms with Crippen molar-refractivity contribution >= 4 is 17.7 Å². The van der Waals surface area contributed by atoms with Gasteiger partial charge in [0.1, 0.15) is 0 Å². The Labute approximate surface area is 106 Å². The normalized spacial score (nSPS) is 26.0. The summed E-state index contributed by atoms with van der Waals surface area (Å²) in [5, 5.41) is 3.24. The Morgan fingerprint density at radius 2 is 1.89 bits per heavy atom. The van der Waals surface area contributed by atoms with Crippen LogP contribution in [0.3, 0.4) is 0 Å². The molecule has 3 amide bonds. The number of carbonyl (C=O) groups is 3. The fraction of sp³-hybridized carbons (Fsp3) is 0.750. The zero-order chi connectivity index (χ0) is 13.3. The molecule has 100 valence electrons. The Morgan fingerprint density at radius 1 is 1.28 bits per heavy atom. The van der Waals surface area contributed by atoms with Crippen LogP contribution in [0.4, 0.5) is 0 Å². The van der Waals surface area contributed by atoms with Gasteiger partial charge in [-0.2, -0.15) is 0 Å². The van der Waals surface area contributed by atoms with Gasteiger partial charge in [0.2, 0.25) is 17.7 Å². The van der Waals surface area contributed by atoms with Gasteiger partial charge >= 0.3 is 0 Å². The van der Waals surface area contributed by atoms with Crippen molar-refractivity contribution in [3.63, 3.8) is 0 Å². The number of hydrogen-bond donors (Lipinski definition) is 1. The molecule has 0 aliphatic carbocycles. The van der Waals surface area contributed by atoms with E-state index in [0.29, 0.717) is 0 Å². The van der Waals surface area contributed by atoms with E-state index in [1.165, 1.54) is 11.9 Å². The largest absolute Gasteiger partial charge is 0.343 e. The maximum absolute atomic E-state index is 11.7. The van der Waals surface area contributed by atoms with Crippen LogP contribution in [0.25, 0.3) is 0 Å². The minimum atomic E-state index is -0.378. The molecule has 0 aromatic carbocycles. The third kappa shape index (κ3) is 2.53. The second-order valence-corrected chi connectivity index (χ2v) is 4.99. The van der Waals surface area contributed by atoms with Crippen LogP contribution < -0.4 is 5.32 Å². The van der Waals surface area contributed by atoms with E-state index >= 15 is 0 Å². The van der Waals surface area contributed by atoms with Crippen LogP contribution in [0.15, 0.2) is 0 Å². The number of nitrogens with zero attached hydrogens (tertiary/aromatic N) is 2. The molecule has 2 rings (SSSR count). The smallest absolute Gasteiger partial charge is 0.246 e. The molecule has 1 N–H and O–H groups in total. The maximum atomic E-state index is 11.7. The lowest BCUT2D eigenvalue weighted by atomic mass is 10.0. The number of amides is 3. The number of nitrogens with one attached hydrogen (secondary N) is 1. The van der Waals surface area contributed by atoms with Gasteiger partial charge in [0.25, 0.3) is 0 Å². The summed E-state index contributed by atoms with van der Waals surface area (Å²) < 4.78 is 0. The van der Waals surface area contributed by atoms with E-state index in [-0.39, 0.29) is 36.2 Å². The first-order valence-electron chi connectivity index (χ1n) is 6.31. The van der Waals surface area contributed by atoms with Crippen LogP contribution in [0.5, 0.6) is 0 Å². The highest BCUT2D eigenvalue weighted by atomic mass is 16.2. The predicted molar refractivity (Wildman–Crippen MR) is 64.6 cm³/mol. The lowest BCUT2D eigenvalue weighted by Gasteiger charge is -2.32. The Balaban J connectivity index is 1.84. The summed E-state index contributed by atoms with van der Waals surface area (Å²) in [6.45, 7) is 3.01. The van der Waals surface area contributed by atoms with Crippen molar-refractivity contribution in [1.82, 2.24) is 15.1 Å². The SMILES string of the molecule is CC(=O)N1CCC(NC2CC(=O)N(C)C2=O)CC1. The Morgan fingerprint density at radius 3 is 2.33 bits per heavy atom. The average Bonchev–Trinajstić information content (AvgIpc) is 2.58. The molecular weight excluding hydrogens is 234 g/mol. The minimum Gasteiger partial charge on any atom is -0.343 e. The summed E-state index contributed by atoms with van der Waals surface area (Å²) in [4.78, 5) is 37.3. The molecule has 6 nitrogen and oxygen atoms in total. The quantitative estimate of drug-likeness (QED) is 0.664. The molecule has 2 saturated heterocycles. The van der Waals surface area contributed by atoms with E-state index in [0.717, 1.165) is 25.9 Å². The van der Waals surface area contributed by atoms with Gasteiger partial charge in [-0.05, 0) is 12.8 Å². The third-order valence-electron chi connectivity index (χ3n) is 3.76. The molecular formula is C12H19N3O3. The van der Waals surface area contributed by atoms with Gasteiger partial charge in [-0.3, -0.25) is 19.3 Å². The summed E-state index contributed by atoms with van der Waals surface area (Å²) in [7, 11) is 1.52. The van der Waals surface area contributed by atoms with Crippen molar-refractivity contribution < 1.29 is 14.4 Å². The molecule has 2 fully saturated rings. The maximum Gasteiger partial charge on any atom is 0.246 e. The average molecular weight is 253 g/mol. The van der Waals surface area contributed by atoms with Gasteiger partial charge in [-0.15, -0.1) is 0 Å². The van der Waals surface area contributed by atoms with Crippen molar-refractivity contribution in [3.8, 4) is 0 Å².